The number of hydrogen-bond acceptors (Lipinski definition) is 4. The van der Waals surface area contributed by atoms with Crippen LogP contribution in [0, 0.1) is 0 Å². The highest BCUT2D eigenvalue weighted by Crippen LogP contribution is 2.25. The highest BCUT2D eigenvalue weighted by molar-refractivity contribution is 7.92. The first-order valence-corrected chi connectivity index (χ1v) is 7.81. The summed E-state index contributed by atoms with van der Waals surface area (Å²) in [5.74, 6) is -1.28. The van der Waals surface area contributed by atoms with Gasteiger partial charge < -0.3 is 15.0 Å². The van der Waals surface area contributed by atoms with Crippen molar-refractivity contribution in [2.75, 3.05) is 4.72 Å². The molecule has 0 atom stereocenters. The number of benzene rings is 1. The topological polar surface area (TPSA) is 103 Å². The summed E-state index contributed by atoms with van der Waals surface area (Å²) in [6, 6.07) is 5.23. The third kappa shape index (κ3) is 4.19. The van der Waals surface area contributed by atoms with Crippen molar-refractivity contribution in [1.29, 1.82) is 0 Å². The highest BCUT2D eigenvalue weighted by Gasteiger charge is 2.31. The number of halogens is 3. The Morgan fingerprint density at radius 3 is 2.29 bits per heavy atom. The average Bonchev–Trinajstić information content (AvgIpc) is 2.82. The SMILES string of the molecule is Cn1cc(S(=O)(=O)Nc2ccc(OC(F)(F)F)cc2)cc1C(N)=O. The molecule has 0 saturated heterocycles. The molecule has 2 rings (SSSR count). The van der Waals surface area contributed by atoms with E-state index in [9.17, 15) is 26.4 Å². The molecule has 0 aliphatic heterocycles. The minimum atomic E-state index is -4.84. The van der Waals surface area contributed by atoms with Gasteiger partial charge in [0.1, 0.15) is 16.3 Å². The maximum atomic E-state index is 12.2. The molecule has 7 nitrogen and oxygen atoms in total. The van der Waals surface area contributed by atoms with Crippen LogP contribution in [0.15, 0.2) is 41.4 Å². The molecule has 130 valence electrons. The zero-order chi connectivity index (χ0) is 18.1. The zero-order valence-corrected chi connectivity index (χ0v) is 13.0. The van der Waals surface area contributed by atoms with E-state index in [1.165, 1.54) is 17.8 Å². The number of nitrogens with zero attached hydrogens (tertiary/aromatic N) is 1. The number of carbonyl (C=O) groups excluding carboxylic acids is 1. The van der Waals surface area contributed by atoms with Crippen LogP contribution in [-0.2, 0) is 17.1 Å². The van der Waals surface area contributed by atoms with Crippen molar-refractivity contribution in [1.82, 2.24) is 4.57 Å². The average molecular weight is 363 g/mol. The second kappa shape index (κ2) is 6.07. The number of hydrogen-bond donors (Lipinski definition) is 2. The predicted molar refractivity (Wildman–Crippen MR) is 77.9 cm³/mol. The van der Waals surface area contributed by atoms with E-state index in [2.05, 4.69) is 9.46 Å². The van der Waals surface area contributed by atoms with E-state index in [1.54, 1.807) is 0 Å². The molecular weight excluding hydrogens is 351 g/mol. The van der Waals surface area contributed by atoms with Gasteiger partial charge in [-0.05, 0) is 30.3 Å². The number of amides is 1. The molecule has 2 aromatic rings. The van der Waals surface area contributed by atoms with Gasteiger partial charge in [-0.25, -0.2) is 8.42 Å². The molecule has 0 saturated carbocycles. The van der Waals surface area contributed by atoms with E-state index in [1.807, 2.05) is 0 Å². The number of rotatable bonds is 5. The molecular formula is C13H12F3N3O4S. The Bertz CT molecular complexity index is 858. The van der Waals surface area contributed by atoms with Gasteiger partial charge >= 0.3 is 6.36 Å². The van der Waals surface area contributed by atoms with E-state index >= 15 is 0 Å². The summed E-state index contributed by atoms with van der Waals surface area (Å²) in [4.78, 5) is 10.9. The molecule has 0 fully saturated rings. The fourth-order valence-electron chi connectivity index (χ4n) is 1.86. The number of nitrogens with one attached hydrogen (secondary N) is 1. The van der Waals surface area contributed by atoms with Gasteiger partial charge in [-0.1, -0.05) is 0 Å². The van der Waals surface area contributed by atoms with Crippen molar-refractivity contribution in [3.8, 4) is 5.75 Å². The lowest BCUT2D eigenvalue weighted by atomic mass is 10.3. The summed E-state index contributed by atoms with van der Waals surface area (Å²) < 4.78 is 67.7. The minimum Gasteiger partial charge on any atom is -0.406 e. The number of nitrogens with two attached hydrogens (primary N) is 1. The molecule has 0 unspecified atom stereocenters. The predicted octanol–water partition coefficient (Wildman–Crippen LogP) is 1.82. The maximum Gasteiger partial charge on any atom is 0.573 e. The van der Waals surface area contributed by atoms with Crippen molar-refractivity contribution in [3.05, 3.63) is 42.2 Å². The summed E-state index contributed by atoms with van der Waals surface area (Å²) in [7, 11) is -2.59. The molecule has 1 amide bonds. The van der Waals surface area contributed by atoms with Gasteiger partial charge in [0.05, 0.1) is 0 Å². The monoisotopic (exact) mass is 363 g/mol. The van der Waals surface area contributed by atoms with E-state index in [0.717, 1.165) is 30.3 Å². The quantitative estimate of drug-likeness (QED) is 0.846. The molecule has 0 aliphatic rings. The number of primary amides is 1. The second-order valence-electron chi connectivity index (χ2n) is 4.71. The summed E-state index contributed by atoms with van der Waals surface area (Å²) >= 11 is 0. The van der Waals surface area contributed by atoms with Gasteiger partial charge in [-0.3, -0.25) is 9.52 Å². The van der Waals surface area contributed by atoms with Crippen LogP contribution in [0.1, 0.15) is 10.5 Å². The van der Waals surface area contributed by atoms with Crippen LogP contribution in [0.4, 0.5) is 18.9 Å². The number of aryl methyl sites for hydroxylation is 1. The Morgan fingerprint density at radius 2 is 1.83 bits per heavy atom. The lowest BCUT2D eigenvalue weighted by Gasteiger charge is -2.10. The molecule has 3 N–H and O–H groups in total. The number of alkyl halides is 3. The van der Waals surface area contributed by atoms with Crippen LogP contribution in [0.2, 0.25) is 0 Å². The fraction of sp³-hybridized carbons (Fsp3) is 0.154. The van der Waals surface area contributed by atoms with Gasteiger partial charge in [0.25, 0.3) is 15.9 Å². The minimum absolute atomic E-state index is 0.00991. The summed E-state index contributed by atoms with van der Waals surface area (Å²) in [5, 5.41) is 0. The largest absolute Gasteiger partial charge is 0.573 e. The first-order valence-electron chi connectivity index (χ1n) is 6.33. The summed E-state index contributed by atoms with van der Waals surface area (Å²) in [5.41, 5.74) is 5.12. The number of carbonyl (C=O) groups is 1. The van der Waals surface area contributed by atoms with Crippen LogP contribution in [0.25, 0.3) is 0 Å². The smallest absolute Gasteiger partial charge is 0.406 e. The van der Waals surface area contributed by atoms with Crippen molar-refractivity contribution in [2.45, 2.75) is 11.3 Å². The first-order chi connectivity index (χ1) is 11.0. The summed E-state index contributed by atoms with van der Waals surface area (Å²) in [6.45, 7) is 0. The molecule has 0 spiro atoms. The van der Waals surface area contributed by atoms with E-state index in [-0.39, 0.29) is 16.3 Å². The van der Waals surface area contributed by atoms with Crippen molar-refractivity contribution >= 4 is 21.6 Å². The summed E-state index contributed by atoms with van der Waals surface area (Å²) in [6.07, 6.45) is -3.65. The number of sulfonamides is 1. The number of ether oxygens (including phenoxy) is 1. The third-order valence-electron chi connectivity index (χ3n) is 2.88. The normalized spacial score (nSPS) is 12.0. The van der Waals surface area contributed by atoms with Crippen molar-refractivity contribution < 1.29 is 31.1 Å². The molecule has 0 bridgehead atoms. The Balaban J connectivity index is 2.20. The van der Waals surface area contributed by atoms with Crippen LogP contribution in [-0.4, -0.2) is 25.3 Å². The van der Waals surface area contributed by atoms with Crippen LogP contribution in [0.5, 0.6) is 5.75 Å². The molecule has 11 heteroatoms. The van der Waals surface area contributed by atoms with Gasteiger partial charge in [0.15, 0.2) is 0 Å². The lowest BCUT2D eigenvalue weighted by Crippen LogP contribution is -2.17. The molecule has 1 aromatic heterocycles. The van der Waals surface area contributed by atoms with Crippen LogP contribution in [0.3, 0.4) is 0 Å². The highest BCUT2D eigenvalue weighted by atomic mass is 32.2. The fourth-order valence-corrected chi connectivity index (χ4v) is 2.99. The van der Waals surface area contributed by atoms with Gasteiger partial charge in [-0.15, -0.1) is 13.2 Å². The third-order valence-corrected chi connectivity index (χ3v) is 4.23. The molecule has 0 aliphatic carbocycles. The van der Waals surface area contributed by atoms with E-state index in [0.29, 0.717) is 0 Å². The van der Waals surface area contributed by atoms with E-state index < -0.39 is 28.0 Å². The second-order valence-corrected chi connectivity index (χ2v) is 6.40. The lowest BCUT2D eigenvalue weighted by molar-refractivity contribution is -0.274. The number of anilines is 1. The van der Waals surface area contributed by atoms with Crippen LogP contribution < -0.4 is 15.2 Å². The van der Waals surface area contributed by atoms with Gasteiger partial charge in [-0.2, -0.15) is 0 Å². The Morgan fingerprint density at radius 1 is 1.25 bits per heavy atom. The van der Waals surface area contributed by atoms with Crippen LogP contribution >= 0.6 is 0 Å². The Hall–Kier alpha value is -2.69. The Labute approximate surface area is 134 Å². The van der Waals surface area contributed by atoms with Gasteiger partial charge in [0, 0.05) is 18.9 Å². The van der Waals surface area contributed by atoms with Gasteiger partial charge in [0.2, 0.25) is 0 Å². The zero-order valence-electron chi connectivity index (χ0n) is 12.2. The van der Waals surface area contributed by atoms with E-state index in [4.69, 9.17) is 5.73 Å². The number of aromatic nitrogens is 1. The van der Waals surface area contributed by atoms with Crippen molar-refractivity contribution in [2.24, 2.45) is 12.8 Å². The maximum absolute atomic E-state index is 12.2. The Kier molecular flexibility index (Phi) is 4.47. The molecule has 1 aromatic carbocycles. The standard InChI is InChI=1S/C13H12F3N3O4S/c1-19-7-10(6-11(19)12(17)20)24(21,22)18-8-2-4-9(5-3-8)23-13(14,15)16/h2-7,18H,1H3,(H2,17,20). The molecule has 24 heavy (non-hydrogen) atoms. The molecule has 0 radical (unpaired) electrons. The van der Waals surface area contributed by atoms with Crippen molar-refractivity contribution in [3.63, 3.8) is 0 Å². The first kappa shape index (κ1) is 17.7. The molecule has 1 heterocycles.